The molecule has 0 bridgehead atoms. The van der Waals surface area contributed by atoms with E-state index in [1.807, 2.05) is 0 Å². The summed E-state index contributed by atoms with van der Waals surface area (Å²) in [6.07, 6.45) is -4.49. The molecular formula is C23H21ClF3N3O3. The minimum absolute atomic E-state index is 0.0381. The summed E-state index contributed by atoms with van der Waals surface area (Å²) in [6.45, 7) is 3.57. The highest BCUT2D eigenvalue weighted by atomic mass is 35.5. The van der Waals surface area contributed by atoms with Gasteiger partial charge >= 0.3 is 6.18 Å². The molecule has 0 fully saturated rings. The second kappa shape index (κ2) is 10.1. The molecule has 3 N–H and O–H groups in total. The number of pyridine rings is 1. The van der Waals surface area contributed by atoms with Crippen LogP contribution < -0.4 is 15.4 Å². The van der Waals surface area contributed by atoms with E-state index in [9.17, 15) is 23.1 Å². The normalized spacial score (nSPS) is 12.4. The first-order chi connectivity index (χ1) is 15.5. The van der Waals surface area contributed by atoms with Crippen LogP contribution in [0.5, 0.6) is 11.5 Å². The average Bonchev–Trinajstić information content (AvgIpc) is 2.75. The van der Waals surface area contributed by atoms with Crippen LogP contribution in [0.1, 0.15) is 29.9 Å². The third-order valence-electron chi connectivity index (χ3n) is 4.48. The molecule has 174 valence electrons. The Balaban J connectivity index is 1.62. The Labute approximate surface area is 193 Å². The van der Waals surface area contributed by atoms with Gasteiger partial charge in [0.1, 0.15) is 17.2 Å². The topological polar surface area (TPSA) is 83.5 Å². The van der Waals surface area contributed by atoms with Crippen LogP contribution in [0.2, 0.25) is 5.02 Å². The first-order valence-corrected chi connectivity index (χ1v) is 10.3. The highest BCUT2D eigenvalue weighted by Gasteiger charge is 2.33. The van der Waals surface area contributed by atoms with Crippen molar-refractivity contribution in [3.8, 4) is 11.5 Å². The molecule has 2 aromatic carbocycles. The summed E-state index contributed by atoms with van der Waals surface area (Å²) < 4.78 is 44.7. The summed E-state index contributed by atoms with van der Waals surface area (Å²) in [6, 6.07) is 12.9. The van der Waals surface area contributed by atoms with Gasteiger partial charge in [0.05, 0.1) is 10.6 Å². The number of ketones is 1. The van der Waals surface area contributed by atoms with Crippen molar-refractivity contribution in [2.75, 3.05) is 10.6 Å². The number of nitrogens with zero attached hydrogens (tertiary/aromatic N) is 1. The largest absolute Gasteiger partial charge is 0.457 e. The second-order valence-corrected chi connectivity index (χ2v) is 7.81. The lowest BCUT2D eigenvalue weighted by Gasteiger charge is -2.18. The van der Waals surface area contributed by atoms with Crippen molar-refractivity contribution in [2.24, 2.45) is 5.92 Å². The number of alkyl halides is 3. The maximum absolute atomic E-state index is 13.0. The van der Waals surface area contributed by atoms with Gasteiger partial charge in [0.15, 0.2) is 5.78 Å². The van der Waals surface area contributed by atoms with Gasteiger partial charge in [-0.2, -0.15) is 13.2 Å². The molecule has 33 heavy (non-hydrogen) atoms. The van der Waals surface area contributed by atoms with Crippen LogP contribution in [0.15, 0.2) is 60.8 Å². The van der Waals surface area contributed by atoms with Crippen LogP contribution in [0, 0.1) is 5.92 Å². The Morgan fingerprint density at radius 3 is 2.27 bits per heavy atom. The number of aliphatic hydroxyl groups is 1. The number of anilines is 2. The van der Waals surface area contributed by atoms with E-state index >= 15 is 0 Å². The van der Waals surface area contributed by atoms with Crippen molar-refractivity contribution in [1.82, 2.24) is 4.98 Å². The van der Waals surface area contributed by atoms with E-state index in [1.165, 1.54) is 12.3 Å². The Hall–Kier alpha value is -3.30. The molecule has 0 amide bonds. The number of hydrogen-bond donors (Lipinski definition) is 3. The zero-order valence-corrected chi connectivity index (χ0v) is 18.4. The van der Waals surface area contributed by atoms with Crippen LogP contribution >= 0.6 is 11.6 Å². The number of nitrogens with one attached hydrogen (secondary N) is 2. The summed E-state index contributed by atoms with van der Waals surface area (Å²) in [5, 5.41) is 15.0. The Bertz CT molecular complexity index is 1120. The molecule has 10 heteroatoms. The van der Waals surface area contributed by atoms with E-state index in [1.54, 1.807) is 50.2 Å². The van der Waals surface area contributed by atoms with Crippen molar-refractivity contribution >= 4 is 28.8 Å². The molecule has 1 aromatic heterocycles. The molecule has 0 radical (unpaired) electrons. The van der Waals surface area contributed by atoms with E-state index in [0.29, 0.717) is 22.9 Å². The van der Waals surface area contributed by atoms with Crippen molar-refractivity contribution in [1.29, 1.82) is 0 Å². The fourth-order valence-electron chi connectivity index (χ4n) is 2.84. The van der Waals surface area contributed by atoms with Gasteiger partial charge < -0.3 is 20.5 Å². The van der Waals surface area contributed by atoms with Gasteiger partial charge in [-0.3, -0.25) is 9.78 Å². The molecule has 0 saturated heterocycles. The predicted molar refractivity (Wildman–Crippen MR) is 120 cm³/mol. The van der Waals surface area contributed by atoms with Gasteiger partial charge in [-0.05, 0) is 48.5 Å². The minimum Gasteiger partial charge on any atom is -0.457 e. The highest BCUT2D eigenvalue weighted by Crippen LogP contribution is 2.36. The van der Waals surface area contributed by atoms with Gasteiger partial charge in [0.2, 0.25) is 6.35 Å². The Morgan fingerprint density at radius 2 is 1.64 bits per heavy atom. The quantitative estimate of drug-likeness (QED) is 0.264. The lowest BCUT2D eigenvalue weighted by atomic mass is 10.1. The van der Waals surface area contributed by atoms with Crippen LogP contribution in [-0.2, 0) is 6.18 Å². The zero-order valence-electron chi connectivity index (χ0n) is 17.7. The molecule has 1 heterocycles. The average molecular weight is 480 g/mol. The number of carbonyl (C=O) groups is 1. The fourth-order valence-corrected chi connectivity index (χ4v) is 3.07. The molecule has 0 aliphatic rings. The summed E-state index contributed by atoms with van der Waals surface area (Å²) in [5.41, 5.74) is -0.169. The van der Waals surface area contributed by atoms with Crippen LogP contribution in [0.3, 0.4) is 0 Å². The van der Waals surface area contributed by atoms with E-state index in [0.717, 1.165) is 12.1 Å². The number of hydrogen-bond acceptors (Lipinski definition) is 6. The molecular weight excluding hydrogens is 459 g/mol. The van der Waals surface area contributed by atoms with Crippen molar-refractivity contribution in [3.63, 3.8) is 0 Å². The molecule has 0 saturated carbocycles. The van der Waals surface area contributed by atoms with Crippen molar-refractivity contribution in [2.45, 2.75) is 26.4 Å². The minimum atomic E-state index is -4.61. The molecule has 0 spiro atoms. The van der Waals surface area contributed by atoms with Gasteiger partial charge in [-0.15, -0.1) is 0 Å². The number of aliphatic hydroxyl groups excluding tert-OH is 1. The maximum atomic E-state index is 13.0. The summed E-state index contributed by atoms with van der Waals surface area (Å²) in [4.78, 5) is 16.2. The summed E-state index contributed by atoms with van der Waals surface area (Å²) >= 11 is 5.60. The molecule has 3 rings (SSSR count). The molecule has 6 nitrogen and oxygen atoms in total. The Kier molecular flexibility index (Phi) is 7.45. The fraction of sp³-hybridized carbons (Fsp3) is 0.217. The summed E-state index contributed by atoms with van der Waals surface area (Å²) in [7, 11) is 0. The maximum Gasteiger partial charge on any atom is 0.417 e. The third kappa shape index (κ3) is 6.59. The number of rotatable bonds is 8. The standard InChI is InChI=1S/C23H21ClF3N3O3/c1-13(2)21(31)20-12-17(9-10-28-20)33-16-6-3-14(4-7-16)29-22(32)30-15-5-8-19(24)18(11-15)23(25,26)27/h3-13,22,29-30,32H,1-2H3. The molecule has 1 unspecified atom stereocenters. The smallest absolute Gasteiger partial charge is 0.417 e. The first kappa shape index (κ1) is 24.3. The molecule has 1 atom stereocenters. The lowest BCUT2D eigenvalue weighted by Crippen LogP contribution is -2.28. The molecule has 0 aliphatic heterocycles. The summed E-state index contributed by atoms with van der Waals surface area (Å²) in [5.74, 6) is 0.639. The monoisotopic (exact) mass is 479 g/mol. The van der Waals surface area contributed by atoms with Crippen LogP contribution in [-0.4, -0.2) is 22.2 Å². The number of aromatic nitrogens is 1. The van der Waals surface area contributed by atoms with E-state index in [-0.39, 0.29) is 17.4 Å². The van der Waals surface area contributed by atoms with Gasteiger partial charge in [0.25, 0.3) is 0 Å². The van der Waals surface area contributed by atoms with Crippen molar-refractivity contribution < 1.29 is 27.8 Å². The lowest BCUT2D eigenvalue weighted by molar-refractivity contribution is -0.137. The van der Waals surface area contributed by atoms with Crippen molar-refractivity contribution in [3.05, 3.63) is 77.1 Å². The number of Topliss-reactive ketones (excluding diaryl/α,β-unsaturated/α-hetero) is 1. The molecule has 0 aliphatic carbocycles. The number of carbonyl (C=O) groups excluding carboxylic acids is 1. The van der Waals surface area contributed by atoms with E-state index < -0.39 is 23.1 Å². The van der Waals surface area contributed by atoms with E-state index in [2.05, 4.69) is 15.6 Å². The first-order valence-electron chi connectivity index (χ1n) is 9.89. The predicted octanol–water partition coefficient (Wildman–Crippen LogP) is 6.18. The highest BCUT2D eigenvalue weighted by molar-refractivity contribution is 6.31. The number of halogens is 4. The number of ether oxygens (including phenoxy) is 1. The number of benzene rings is 2. The van der Waals surface area contributed by atoms with Gasteiger partial charge in [-0.1, -0.05) is 25.4 Å². The van der Waals surface area contributed by atoms with Gasteiger partial charge in [-0.25, -0.2) is 0 Å². The van der Waals surface area contributed by atoms with Gasteiger partial charge in [0, 0.05) is 29.6 Å². The van der Waals surface area contributed by atoms with E-state index in [4.69, 9.17) is 16.3 Å². The molecule has 3 aromatic rings. The Morgan fingerprint density at radius 1 is 1.00 bits per heavy atom. The SMILES string of the molecule is CC(C)C(=O)c1cc(Oc2ccc(NC(O)Nc3ccc(Cl)c(C(F)(F)F)c3)cc2)ccn1. The van der Waals surface area contributed by atoms with Crippen LogP contribution in [0.4, 0.5) is 24.5 Å². The second-order valence-electron chi connectivity index (χ2n) is 7.41. The van der Waals surface area contributed by atoms with Crippen LogP contribution in [0.25, 0.3) is 0 Å². The zero-order chi connectivity index (χ0) is 24.2. The third-order valence-corrected chi connectivity index (χ3v) is 4.81.